The first-order valence-electron chi connectivity index (χ1n) is 9.70. The molecule has 0 bridgehead atoms. The topological polar surface area (TPSA) is 48.5 Å². The molecule has 156 valence electrons. The van der Waals surface area contributed by atoms with E-state index in [-0.39, 0.29) is 28.6 Å². The lowest BCUT2D eigenvalue weighted by Gasteiger charge is -2.15. The second-order valence-corrected chi connectivity index (χ2v) is 6.91. The van der Waals surface area contributed by atoms with E-state index in [1.807, 2.05) is 13.0 Å². The highest BCUT2D eigenvalue weighted by Gasteiger charge is 2.22. The van der Waals surface area contributed by atoms with Crippen molar-refractivity contribution >= 4 is 5.52 Å². The molecule has 2 aromatic heterocycles. The van der Waals surface area contributed by atoms with Crippen LogP contribution in [0.5, 0.6) is 5.75 Å². The summed E-state index contributed by atoms with van der Waals surface area (Å²) in [5.74, 6) is -0.713. The fourth-order valence-electron chi connectivity index (χ4n) is 3.75. The smallest absolute Gasteiger partial charge is 0.387 e. The fourth-order valence-corrected chi connectivity index (χ4v) is 3.75. The summed E-state index contributed by atoms with van der Waals surface area (Å²) in [6.07, 6.45) is 1.78. The molecule has 8 heteroatoms. The zero-order valence-corrected chi connectivity index (χ0v) is 16.9. The second-order valence-electron chi connectivity index (χ2n) is 6.91. The minimum absolute atomic E-state index is 0.0460. The summed E-state index contributed by atoms with van der Waals surface area (Å²) in [7, 11) is 0. The Hall–Kier alpha value is -2.77. The molecule has 0 saturated carbocycles. The molecule has 3 rings (SSSR count). The van der Waals surface area contributed by atoms with Gasteiger partial charge in [-0.3, -0.25) is 9.36 Å². The molecule has 0 radical (unpaired) electrons. The van der Waals surface area contributed by atoms with Crippen molar-refractivity contribution in [3.63, 3.8) is 0 Å². The molecule has 3 aromatic rings. The summed E-state index contributed by atoms with van der Waals surface area (Å²) in [4.78, 5) is 13.3. The first-order valence-corrected chi connectivity index (χ1v) is 9.70. The van der Waals surface area contributed by atoms with Crippen molar-refractivity contribution in [3.8, 4) is 17.1 Å². The number of alkyl halides is 2. The van der Waals surface area contributed by atoms with Gasteiger partial charge in [0.25, 0.3) is 5.56 Å². The molecule has 0 amide bonds. The minimum atomic E-state index is -3.05. The van der Waals surface area contributed by atoms with Gasteiger partial charge in [0.2, 0.25) is 0 Å². The summed E-state index contributed by atoms with van der Waals surface area (Å²) in [6, 6.07) is 5.36. The standard InChI is InChI=1S/C21H24F3N3O2/c1-5-13(6-2)16-10-12(4)27-18(16)20(28)26(7-3)19(25-27)15-9-8-14(11-17(15)22)29-21(23)24/h8-11,13,21H,5-7H2,1-4H3. The van der Waals surface area contributed by atoms with E-state index in [9.17, 15) is 18.0 Å². The van der Waals surface area contributed by atoms with E-state index in [4.69, 9.17) is 0 Å². The Morgan fingerprint density at radius 3 is 2.38 bits per heavy atom. The number of ether oxygens (including phenoxy) is 1. The van der Waals surface area contributed by atoms with Crippen LogP contribution in [-0.2, 0) is 6.54 Å². The Labute approximate surface area is 166 Å². The van der Waals surface area contributed by atoms with Gasteiger partial charge in [-0.05, 0) is 56.4 Å². The monoisotopic (exact) mass is 407 g/mol. The first-order chi connectivity index (χ1) is 13.8. The summed E-state index contributed by atoms with van der Waals surface area (Å²) < 4.78 is 46.7. The molecule has 0 aliphatic rings. The normalized spacial score (nSPS) is 11.8. The maximum atomic E-state index is 14.7. The predicted octanol–water partition coefficient (Wildman–Crippen LogP) is 5.14. The fraction of sp³-hybridized carbons (Fsp3) is 0.429. The molecule has 0 N–H and O–H groups in total. The second kappa shape index (κ2) is 8.31. The van der Waals surface area contributed by atoms with Crippen LogP contribution in [0.4, 0.5) is 13.2 Å². The number of rotatable bonds is 7. The molecule has 5 nitrogen and oxygen atoms in total. The van der Waals surface area contributed by atoms with Gasteiger partial charge in [0.1, 0.15) is 17.1 Å². The Balaban J connectivity index is 2.25. The van der Waals surface area contributed by atoms with Crippen molar-refractivity contribution < 1.29 is 17.9 Å². The SMILES string of the molecule is CCC(CC)c1cc(C)n2nc(-c3ccc(OC(F)F)cc3F)n(CC)c(=O)c12. The van der Waals surface area contributed by atoms with E-state index >= 15 is 0 Å². The Bertz CT molecular complexity index is 1080. The van der Waals surface area contributed by atoms with E-state index in [1.54, 1.807) is 11.4 Å². The van der Waals surface area contributed by atoms with Gasteiger partial charge in [0.15, 0.2) is 5.82 Å². The number of hydrogen-bond acceptors (Lipinski definition) is 3. The molecule has 0 unspecified atom stereocenters. The molecular weight excluding hydrogens is 383 g/mol. The molecule has 0 atom stereocenters. The molecule has 0 aliphatic heterocycles. The molecule has 29 heavy (non-hydrogen) atoms. The van der Waals surface area contributed by atoms with E-state index in [2.05, 4.69) is 23.7 Å². The Morgan fingerprint density at radius 2 is 1.83 bits per heavy atom. The number of halogens is 3. The van der Waals surface area contributed by atoms with Crippen molar-refractivity contribution in [2.24, 2.45) is 0 Å². The Morgan fingerprint density at radius 1 is 1.14 bits per heavy atom. The highest BCUT2D eigenvalue weighted by Crippen LogP contribution is 2.30. The lowest BCUT2D eigenvalue weighted by molar-refractivity contribution is -0.0499. The average molecular weight is 407 g/mol. The largest absolute Gasteiger partial charge is 0.435 e. The maximum absolute atomic E-state index is 14.7. The molecule has 0 saturated heterocycles. The van der Waals surface area contributed by atoms with Crippen molar-refractivity contribution in [1.29, 1.82) is 0 Å². The van der Waals surface area contributed by atoms with Gasteiger partial charge in [-0.25, -0.2) is 8.91 Å². The number of nitrogens with zero attached hydrogens (tertiary/aromatic N) is 3. The van der Waals surface area contributed by atoms with E-state index < -0.39 is 12.4 Å². The average Bonchev–Trinajstić information content (AvgIpc) is 2.99. The first kappa shape index (κ1) is 21.0. The van der Waals surface area contributed by atoms with E-state index in [1.165, 1.54) is 16.7 Å². The van der Waals surface area contributed by atoms with Crippen LogP contribution in [0.15, 0.2) is 29.1 Å². The number of hydrogen-bond donors (Lipinski definition) is 0. The minimum Gasteiger partial charge on any atom is -0.435 e. The zero-order chi connectivity index (χ0) is 21.3. The number of aromatic nitrogens is 3. The van der Waals surface area contributed by atoms with E-state index in [0.29, 0.717) is 12.1 Å². The van der Waals surface area contributed by atoms with Gasteiger partial charge in [-0.15, -0.1) is 5.10 Å². The van der Waals surface area contributed by atoms with Crippen LogP contribution in [0.1, 0.15) is 50.8 Å². The highest BCUT2D eigenvalue weighted by atomic mass is 19.3. The third-order valence-corrected chi connectivity index (χ3v) is 5.23. The highest BCUT2D eigenvalue weighted by molar-refractivity contribution is 5.62. The van der Waals surface area contributed by atoms with Crippen LogP contribution in [0.25, 0.3) is 16.9 Å². The van der Waals surface area contributed by atoms with Crippen molar-refractivity contribution in [2.45, 2.75) is 59.6 Å². The molecular formula is C21H24F3N3O2. The van der Waals surface area contributed by atoms with Gasteiger partial charge < -0.3 is 4.74 Å². The van der Waals surface area contributed by atoms with Gasteiger partial charge >= 0.3 is 6.61 Å². The summed E-state index contributed by atoms with van der Waals surface area (Å²) in [5, 5.41) is 4.55. The van der Waals surface area contributed by atoms with Crippen LogP contribution < -0.4 is 10.3 Å². The lowest BCUT2D eigenvalue weighted by Crippen LogP contribution is -2.26. The maximum Gasteiger partial charge on any atom is 0.387 e. The lowest BCUT2D eigenvalue weighted by atomic mass is 9.95. The van der Waals surface area contributed by atoms with Crippen molar-refractivity contribution in [2.75, 3.05) is 0 Å². The molecule has 1 aromatic carbocycles. The zero-order valence-electron chi connectivity index (χ0n) is 16.9. The third kappa shape index (κ3) is 3.75. The number of benzene rings is 1. The molecule has 0 spiro atoms. The van der Waals surface area contributed by atoms with Crippen molar-refractivity contribution in [3.05, 3.63) is 51.7 Å². The van der Waals surface area contributed by atoms with E-state index in [0.717, 1.165) is 30.2 Å². The quantitative estimate of drug-likeness (QED) is 0.545. The van der Waals surface area contributed by atoms with Gasteiger partial charge in [0, 0.05) is 18.3 Å². The molecule has 2 heterocycles. The van der Waals surface area contributed by atoms with Crippen LogP contribution >= 0.6 is 0 Å². The summed E-state index contributed by atoms with van der Waals surface area (Å²) >= 11 is 0. The molecule has 0 fully saturated rings. The molecule has 0 aliphatic carbocycles. The van der Waals surface area contributed by atoms with Gasteiger partial charge in [-0.1, -0.05) is 13.8 Å². The van der Waals surface area contributed by atoms with Crippen LogP contribution in [0, 0.1) is 12.7 Å². The summed E-state index contributed by atoms with van der Waals surface area (Å²) in [5.41, 5.74) is 2.02. The Kier molecular flexibility index (Phi) is 6.00. The summed E-state index contributed by atoms with van der Waals surface area (Å²) in [6.45, 7) is 5.02. The van der Waals surface area contributed by atoms with Crippen LogP contribution in [-0.4, -0.2) is 20.8 Å². The van der Waals surface area contributed by atoms with Crippen molar-refractivity contribution in [1.82, 2.24) is 14.2 Å². The predicted molar refractivity (Wildman–Crippen MR) is 105 cm³/mol. The number of aryl methyl sites for hydroxylation is 1. The third-order valence-electron chi connectivity index (χ3n) is 5.23. The van der Waals surface area contributed by atoms with Crippen LogP contribution in [0.3, 0.4) is 0 Å². The number of fused-ring (bicyclic) bond motifs is 1. The van der Waals surface area contributed by atoms with Crippen LogP contribution in [0.2, 0.25) is 0 Å². The van der Waals surface area contributed by atoms with Gasteiger partial charge in [0.05, 0.1) is 5.56 Å². The van der Waals surface area contributed by atoms with Gasteiger partial charge in [-0.2, -0.15) is 8.78 Å².